The fraction of sp³-hybridized carbons (Fsp3) is 0.0667. The highest BCUT2D eigenvalue weighted by atomic mass is 16.3. The number of hydrogen-bond acceptors (Lipinski definition) is 3. The number of benzene rings is 2. The lowest BCUT2D eigenvalue weighted by Gasteiger charge is -2.11. The van der Waals surface area contributed by atoms with Gasteiger partial charge in [-0.25, -0.2) is 0 Å². The van der Waals surface area contributed by atoms with E-state index in [1.165, 1.54) is 0 Å². The molecule has 2 aromatic carbocycles. The molecule has 0 saturated heterocycles. The number of hydrogen-bond donors (Lipinski definition) is 1. The summed E-state index contributed by atoms with van der Waals surface area (Å²) in [5.74, 6) is 0. The molecular weight excluding hydrogens is 226 g/mol. The molecule has 3 rings (SSSR count). The van der Waals surface area contributed by atoms with Crippen LogP contribution in [0.5, 0.6) is 0 Å². The summed E-state index contributed by atoms with van der Waals surface area (Å²) in [7, 11) is 0. The van der Waals surface area contributed by atoms with E-state index >= 15 is 0 Å². The Balaban J connectivity index is 2.65. The van der Waals surface area contributed by atoms with Gasteiger partial charge in [0.2, 0.25) is 0 Å². The number of aliphatic hydroxyl groups is 1. The normalized spacial score (nSPS) is 10.9. The van der Waals surface area contributed by atoms with Gasteiger partial charge in [-0.05, 0) is 22.4 Å². The molecule has 18 heavy (non-hydrogen) atoms. The van der Waals surface area contributed by atoms with Gasteiger partial charge < -0.3 is 5.11 Å². The van der Waals surface area contributed by atoms with Crippen LogP contribution < -0.4 is 0 Å². The van der Waals surface area contributed by atoms with Crippen molar-refractivity contribution in [2.75, 3.05) is 0 Å². The first-order valence-corrected chi connectivity index (χ1v) is 5.71. The maximum absolute atomic E-state index is 11.3. The maximum Gasteiger partial charge on any atom is 0.152 e. The van der Waals surface area contributed by atoms with Crippen LogP contribution in [0.2, 0.25) is 0 Å². The summed E-state index contributed by atoms with van der Waals surface area (Å²) in [6.45, 7) is -0.0676. The highest BCUT2D eigenvalue weighted by Crippen LogP contribution is 2.30. The highest BCUT2D eigenvalue weighted by Gasteiger charge is 2.12. The Kier molecular flexibility index (Phi) is 2.54. The zero-order valence-electron chi connectivity index (χ0n) is 9.63. The van der Waals surface area contributed by atoms with E-state index in [2.05, 4.69) is 4.98 Å². The summed E-state index contributed by atoms with van der Waals surface area (Å²) in [6.07, 6.45) is 2.49. The van der Waals surface area contributed by atoms with E-state index in [9.17, 15) is 9.90 Å². The number of pyridine rings is 1. The smallest absolute Gasteiger partial charge is 0.152 e. The third-order valence-corrected chi connectivity index (χ3v) is 3.21. The SMILES string of the molecule is O=Cc1c2ccccc2c(CO)c2cccnc12. The Morgan fingerprint density at radius 2 is 1.78 bits per heavy atom. The van der Waals surface area contributed by atoms with Crippen LogP contribution in [0.15, 0.2) is 42.6 Å². The van der Waals surface area contributed by atoms with Crippen molar-refractivity contribution in [2.45, 2.75) is 6.61 Å². The third kappa shape index (κ3) is 1.41. The van der Waals surface area contributed by atoms with Crippen LogP contribution in [0.4, 0.5) is 0 Å². The zero-order chi connectivity index (χ0) is 12.5. The van der Waals surface area contributed by atoms with Crippen LogP contribution in [0.3, 0.4) is 0 Å². The predicted molar refractivity (Wildman–Crippen MR) is 70.6 cm³/mol. The van der Waals surface area contributed by atoms with Crippen molar-refractivity contribution in [3.05, 3.63) is 53.7 Å². The molecule has 88 valence electrons. The van der Waals surface area contributed by atoms with E-state index < -0.39 is 0 Å². The summed E-state index contributed by atoms with van der Waals surface area (Å²) in [5, 5.41) is 12.2. The van der Waals surface area contributed by atoms with E-state index in [0.717, 1.165) is 28.0 Å². The van der Waals surface area contributed by atoms with Crippen LogP contribution in [-0.2, 0) is 6.61 Å². The summed E-state index contributed by atoms with van der Waals surface area (Å²) >= 11 is 0. The second-order valence-corrected chi connectivity index (χ2v) is 4.11. The molecule has 0 aliphatic heterocycles. The molecule has 0 unspecified atom stereocenters. The largest absolute Gasteiger partial charge is 0.392 e. The minimum Gasteiger partial charge on any atom is -0.392 e. The van der Waals surface area contributed by atoms with Gasteiger partial charge in [-0.3, -0.25) is 9.78 Å². The van der Waals surface area contributed by atoms with Gasteiger partial charge in [0, 0.05) is 17.1 Å². The number of rotatable bonds is 2. The Morgan fingerprint density at radius 3 is 2.50 bits per heavy atom. The average Bonchev–Trinajstić information content (AvgIpc) is 2.44. The van der Waals surface area contributed by atoms with Gasteiger partial charge in [-0.15, -0.1) is 0 Å². The van der Waals surface area contributed by atoms with Gasteiger partial charge in [0.25, 0.3) is 0 Å². The van der Waals surface area contributed by atoms with Crippen LogP contribution in [0.1, 0.15) is 15.9 Å². The van der Waals surface area contributed by atoms with Gasteiger partial charge in [0.1, 0.15) is 0 Å². The molecule has 3 heteroatoms. The lowest BCUT2D eigenvalue weighted by molar-refractivity contribution is 0.112. The number of carbonyl (C=O) groups excluding carboxylic acids is 1. The van der Waals surface area contributed by atoms with Crippen molar-refractivity contribution in [1.82, 2.24) is 4.98 Å². The second kappa shape index (κ2) is 4.20. The molecule has 0 atom stereocenters. The molecule has 3 aromatic rings. The van der Waals surface area contributed by atoms with E-state index in [4.69, 9.17) is 0 Å². The summed E-state index contributed by atoms with van der Waals surface area (Å²) in [4.78, 5) is 15.6. The molecule has 0 spiro atoms. The lowest BCUT2D eigenvalue weighted by Crippen LogP contribution is -1.96. The lowest BCUT2D eigenvalue weighted by atomic mass is 9.95. The molecule has 1 aromatic heterocycles. The standard InChI is InChI=1S/C15H11NO2/c17-8-13-10-4-1-2-5-11(10)14(9-18)15-12(13)6-3-7-16-15/h1-7,9,17H,8H2. The van der Waals surface area contributed by atoms with Crippen molar-refractivity contribution >= 4 is 28.0 Å². The van der Waals surface area contributed by atoms with Crippen LogP contribution >= 0.6 is 0 Å². The number of fused-ring (bicyclic) bond motifs is 2. The van der Waals surface area contributed by atoms with Gasteiger partial charge >= 0.3 is 0 Å². The van der Waals surface area contributed by atoms with E-state index in [1.807, 2.05) is 36.4 Å². The second-order valence-electron chi connectivity index (χ2n) is 4.11. The number of aldehydes is 1. The number of nitrogens with zero attached hydrogens (tertiary/aromatic N) is 1. The first-order chi connectivity index (χ1) is 8.86. The fourth-order valence-electron chi connectivity index (χ4n) is 2.41. The van der Waals surface area contributed by atoms with E-state index in [1.54, 1.807) is 6.20 Å². The molecule has 1 heterocycles. The Hall–Kier alpha value is -2.26. The quantitative estimate of drug-likeness (QED) is 0.550. The van der Waals surface area contributed by atoms with Crippen LogP contribution in [-0.4, -0.2) is 16.4 Å². The van der Waals surface area contributed by atoms with Crippen molar-refractivity contribution in [3.8, 4) is 0 Å². The molecule has 0 aliphatic rings. The minimum absolute atomic E-state index is 0.0676. The Bertz CT molecular complexity index is 693. The number of aromatic nitrogens is 1. The first-order valence-electron chi connectivity index (χ1n) is 5.71. The van der Waals surface area contributed by atoms with Crippen molar-refractivity contribution in [1.29, 1.82) is 0 Å². The molecule has 0 fully saturated rings. The fourth-order valence-corrected chi connectivity index (χ4v) is 2.41. The average molecular weight is 237 g/mol. The van der Waals surface area contributed by atoms with Crippen molar-refractivity contribution in [2.24, 2.45) is 0 Å². The molecule has 0 bridgehead atoms. The molecular formula is C15H11NO2. The minimum atomic E-state index is -0.0676. The first kappa shape index (κ1) is 10.9. The van der Waals surface area contributed by atoms with Crippen LogP contribution in [0.25, 0.3) is 21.7 Å². The maximum atomic E-state index is 11.3. The Labute approximate surface area is 104 Å². The van der Waals surface area contributed by atoms with Gasteiger partial charge in [-0.1, -0.05) is 30.3 Å². The van der Waals surface area contributed by atoms with E-state index in [-0.39, 0.29) is 6.61 Å². The molecule has 0 radical (unpaired) electrons. The molecule has 3 nitrogen and oxygen atoms in total. The Morgan fingerprint density at radius 1 is 1.06 bits per heavy atom. The van der Waals surface area contributed by atoms with Crippen molar-refractivity contribution < 1.29 is 9.90 Å². The topological polar surface area (TPSA) is 50.2 Å². The molecule has 0 aliphatic carbocycles. The predicted octanol–water partition coefficient (Wildman–Crippen LogP) is 2.69. The van der Waals surface area contributed by atoms with Gasteiger partial charge in [0.05, 0.1) is 12.1 Å². The summed E-state index contributed by atoms with van der Waals surface area (Å²) < 4.78 is 0. The molecule has 0 saturated carbocycles. The zero-order valence-corrected chi connectivity index (χ0v) is 9.63. The number of carbonyl (C=O) groups is 1. The highest BCUT2D eigenvalue weighted by molar-refractivity contribution is 6.13. The molecule has 1 N–H and O–H groups in total. The monoisotopic (exact) mass is 237 g/mol. The van der Waals surface area contributed by atoms with Crippen molar-refractivity contribution in [3.63, 3.8) is 0 Å². The van der Waals surface area contributed by atoms with Crippen LogP contribution in [0, 0.1) is 0 Å². The van der Waals surface area contributed by atoms with Gasteiger partial charge in [-0.2, -0.15) is 0 Å². The molecule has 0 amide bonds. The van der Waals surface area contributed by atoms with Gasteiger partial charge in [0.15, 0.2) is 6.29 Å². The third-order valence-electron chi connectivity index (χ3n) is 3.21. The summed E-state index contributed by atoms with van der Waals surface area (Å²) in [6, 6.07) is 11.3. The number of aliphatic hydroxyl groups excluding tert-OH is 1. The summed E-state index contributed by atoms with van der Waals surface area (Å²) in [5.41, 5.74) is 2.05. The van der Waals surface area contributed by atoms with E-state index in [0.29, 0.717) is 11.1 Å².